The van der Waals surface area contributed by atoms with Gasteiger partial charge in [-0.05, 0) is 18.4 Å². The number of carbonyl (C=O) groups is 1. The van der Waals surface area contributed by atoms with Crippen molar-refractivity contribution in [2.45, 2.75) is 39.0 Å². The summed E-state index contributed by atoms with van der Waals surface area (Å²) < 4.78 is 20.8. The van der Waals surface area contributed by atoms with Crippen molar-refractivity contribution in [3.63, 3.8) is 0 Å². The summed E-state index contributed by atoms with van der Waals surface area (Å²) in [7, 11) is -4.31. The van der Waals surface area contributed by atoms with Crippen LogP contribution in [0, 0.1) is 0 Å². The van der Waals surface area contributed by atoms with Crippen LogP contribution in [0.2, 0.25) is 0 Å². The van der Waals surface area contributed by atoms with Crippen LogP contribution in [0.5, 0.6) is 0 Å². The number of unbranched alkanes of at least 4 members (excludes halogenated alkanes) is 3. The molecule has 0 aliphatic rings. The van der Waals surface area contributed by atoms with Crippen molar-refractivity contribution in [2.75, 3.05) is 13.2 Å². The molecular formula is C15H25N2O5P. The number of phosphoric acid groups is 1. The van der Waals surface area contributed by atoms with Gasteiger partial charge in [-0.1, -0.05) is 56.5 Å². The Morgan fingerprint density at radius 1 is 1.22 bits per heavy atom. The summed E-state index contributed by atoms with van der Waals surface area (Å²) >= 11 is 0. The third-order valence-electron chi connectivity index (χ3n) is 3.06. The lowest BCUT2D eigenvalue weighted by Gasteiger charge is -2.12. The van der Waals surface area contributed by atoms with Crippen molar-refractivity contribution in [3.05, 3.63) is 35.9 Å². The number of hydrogen-bond donors (Lipinski definition) is 3. The maximum atomic E-state index is 11.6. The van der Waals surface area contributed by atoms with Crippen molar-refractivity contribution < 1.29 is 23.4 Å². The fraction of sp³-hybridized carbons (Fsp3) is 0.533. The van der Waals surface area contributed by atoms with E-state index < -0.39 is 13.9 Å². The Hall–Kier alpha value is -1.40. The highest BCUT2D eigenvalue weighted by Gasteiger charge is 2.22. The number of benzene rings is 1. The molecule has 1 rings (SSSR count). The standard InChI is InChI=1S/C15H25N2O5P/c1-2-3-4-8-12-16-15(18)17-22-23(19,20)21-13-11-14-9-6-5-7-10-14/h5-7,9-10H,2-4,8,11-13H2,1H3,(H,19,20)(H2,16,17,18). The van der Waals surface area contributed by atoms with Crippen LogP contribution < -0.4 is 10.8 Å². The fourth-order valence-electron chi connectivity index (χ4n) is 1.84. The molecule has 23 heavy (non-hydrogen) atoms. The second-order valence-corrected chi connectivity index (χ2v) is 6.43. The number of amides is 2. The molecule has 1 aromatic carbocycles. The second-order valence-electron chi connectivity index (χ2n) is 5.05. The molecule has 1 atom stereocenters. The van der Waals surface area contributed by atoms with Crippen LogP contribution >= 0.6 is 7.82 Å². The van der Waals surface area contributed by atoms with Crippen molar-refractivity contribution in [3.8, 4) is 0 Å². The molecule has 0 aromatic heterocycles. The summed E-state index contributed by atoms with van der Waals surface area (Å²) in [6.07, 6.45) is 4.58. The highest BCUT2D eigenvalue weighted by molar-refractivity contribution is 7.47. The summed E-state index contributed by atoms with van der Waals surface area (Å²) in [5.74, 6) is 0. The minimum Gasteiger partial charge on any atom is -0.336 e. The van der Waals surface area contributed by atoms with Gasteiger partial charge in [0.2, 0.25) is 0 Å². The first kappa shape index (κ1) is 19.6. The Balaban J connectivity index is 2.14. The number of carbonyl (C=O) groups excluding carboxylic acids is 1. The minimum absolute atomic E-state index is 0.0120. The van der Waals surface area contributed by atoms with Crippen molar-refractivity contribution in [1.82, 2.24) is 10.8 Å². The third-order valence-corrected chi connectivity index (χ3v) is 3.89. The van der Waals surface area contributed by atoms with Gasteiger partial charge >= 0.3 is 13.9 Å². The van der Waals surface area contributed by atoms with E-state index in [9.17, 15) is 14.3 Å². The molecule has 1 unspecified atom stereocenters. The highest BCUT2D eigenvalue weighted by Crippen LogP contribution is 2.41. The van der Waals surface area contributed by atoms with E-state index in [1.54, 1.807) is 0 Å². The number of urea groups is 1. The van der Waals surface area contributed by atoms with E-state index in [2.05, 4.69) is 16.9 Å². The molecular weight excluding hydrogens is 319 g/mol. The predicted octanol–water partition coefficient (Wildman–Crippen LogP) is 3.16. The van der Waals surface area contributed by atoms with E-state index in [4.69, 9.17) is 4.52 Å². The molecule has 3 N–H and O–H groups in total. The Bertz CT molecular complexity index is 498. The summed E-state index contributed by atoms with van der Waals surface area (Å²) in [6, 6.07) is 8.73. The van der Waals surface area contributed by atoms with E-state index in [-0.39, 0.29) is 6.61 Å². The minimum atomic E-state index is -4.31. The Labute approximate surface area is 137 Å². The number of phosphoric ester groups is 1. The maximum absolute atomic E-state index is 11.6. The monoisotopic (exact) mass is 344 g/mol. The number of hydrogen-bond acceptors (Lipinski definition) is 4. The van der Waals surface area contributed by atoms with Crippen LogP contribution in [0.3, 0.4) is 0 Å². The van der Waals surface area contributed by atoms with Crippen LogP contribution in [0.1, 0.15) is 38.2 Å². The molecule has 8 heteroatoms. The summed E-state index contributed by atoms with van der Waals surface area (Å²) in [4.78, 5) is 20.8. The number of nitrogens with one attached hydrogen (secondary N) is 2. The lowest BCUT2D eigenvalue weighted by atomic mass is 10.2. The lowest BCUT2D eigenvalue weighted by molar-refractivity contribution is 0.106. The molecule has 0 saturated heterocycles. The Kier molecular flexibility index (Phi) is 9.55. The summed E-state index contributed by atoms with van der Waals surface area (Å²) in [6.45, 7) is 2.60. The van der Waals surface area contributed by atoms with Gasteiger partial charge in [-0.15, -0.1) is 0 Å². The normalized spacial score (nSPS) is 13.3. The van der Waals surface area contributed by atoms with E-state index in [1.807, 2.05) is 35.8 Å². The van der Waals surface area contributed by atoms with E-state index in [0.717, 1.165) is 31.2 Å². The van der Waals surface area contributed by atoms with Crippen molar-refractivity contribution in [1.29, 1.82) is 0 Å². The van der Waals surface area contributed by atoms with E-state index in [1.165, 1.54) is 0 Å². The zero-order chi connectivity index (χ0) is 17.0. The first-order valence-electron chi connectivity index (χ1n) is 7.77. The Morgan fingerprint density at radius 3 is 2.65 bits per heavy atom. The molecule has 1 aromatic rings. The summed E-state index contributed by atoms with van der Waals surface area (Å²) in [5, 5.41) is 2.53. The van der Waals surface area contributed by atoms with Gasteiger partial charge in [0.15, 0.2) is 0 Å². The van der Waals surface area contributed by atoms with Crippen LogP contribution in [0.15, 0.2) is 30.3 Å². The summed E-state index contributed by atoms with van der Waals surface area (Å²) in [5.41, 5.74) is 2.85. The first-order valence-corrected chi connectivity index (χ1v) is 9.26. The quantitative estimate of drug-likeness (QED) is 0.325. The van der Waals surface area contributed by atoms with Gasteiger partial charge in [0.1, 0.15) is 0 Å². The fourth-order valence-corrected chi connectivity index (χ4v) is 2.41. The molecule has 0 radical (unpaired) electrons. The average molecular weight is 344 g/mol. The van der Waals surface area contributed by atoms with Crippen LogP contribution in [-0.4, -0.2) is 24.1 Å². The molecule has 130 valence electrons. The molecule has 0 fully saturated rings. The van der Waals surface area contributed by atoms with Gasteiger partial charge in [0.25, 0.3) is 0 Å². The van der Waals surface area contributed by atoms with Gasteiger partial charge in [-0.2, -0.15) is 4.62 Å². The molecule has 0 bridgehead atoms. The second kappa shape index (κ2) is 11.2. The smallest absolute Gasteiger partial charge is 0.336 e. The largest absolute Gasteiger partial charge is 0.493 e. The van der Waals surface area contributed by atoms with Crippen LogP contribution in [0.25, 0.3) is 0 Å². The SMILES string of the molecule is CCCCCCNC(=O)NOP(=O)(O)OCCc1ccccc1. The van der Waals surface area contributed by atoms with Gasteiger partial charge in [-0.25, -0.2) is 14.8 Å². The molecule has 0 heterocycles. The van der Waals surface area contributed by atoms with Crippen LogP contribution in [-0.2, 0) is 20.1 Å². The maximum Gasteiger partial charge on any atom is 0.493 e. The number of hydroxylamine groups is 1. The Morgan fingerprint density at radius 2 is 1.96 bits per heavy atom. The van der Waals surface area contributed by atoms with Crippen LogP contribution in [0.4, 0.5) is 4.79 Å². The van der Waals surface area contributed by atoms with Crippen molar-refractivity contribution >= 4 is 13.9 Å². The molecule has 0 aliphatic heterocycles. The topological polar surface area (TPSA) is 96.9 Å². The van der Waals surface area contributed by atoms with Gasteiger partial charge in [0, 0.05) is 6.54 Å². The first-order chi connectivity index (χ1) is 11.0. The predicted molar refractivity (Wildman–Crippen MR) is 87.7 cm³/mol. The molecule has 0 aliphatic carbocycles. The third kappa shape index (κ3) is 10.1. The number of rotatable bonds is 11. The van der Waals surface area contributed by atoms with E-state index >= 15 is 0 Å². The molecule has 0 saturated carbocycles. The molecule has 2 amide bonds. The zero-order valence-electron chi connectivity index (χ0n) is 13.4. The van der Waals surface area contributed by atoms with Crippen molar-refractivity contribution in [2.24, 2.45) is 0 Å². The molecule has 0 spiro atoms. The van der Waals surface area contributed by atoms with Gasteiger partial charge < -0.3 is 10.2 Å². The van der Waals surface area contributed by atoms with Gasteiger partial charge in [-0.3, -0.25) is 4.52 Å². The zero-order valence-corrected chi connectivity index (χ0v) is 14.3. The molecule has 7 nitrogen and oxygen atoms in total. The van der Waals surface area contributed by atoms with Gasteiger partial charge in [0.05, 0.1) is 6.61 Å². The average Bonchev–Trinajstić information content (AvgIpc) is 2.54. The lowest BCUT2D eigenvalue weighted by Crippen LogP contribution is -2.35. The van der Waals surface area contributed by atoms with E-state index in [0.29, 0.717) is 13.0 Å². The highest BCUT2D eigenvalue weighted by atomic mass is 31.2.